The molecule has 1 N–H and O–H groups in total. The molecule has 3 atom stereocenters. The number of aryl methyl sites for hydroxylation is 1. The Morgan fingerprint density at radius 1 is 1.25 bits per heavy atom. The minimum Gasteiger partial charge on any atom is -0.378 e. The van der Waals surface area contributed by atoms with Crippen LogP contribution in [0.5, 0.6) is 0 Å². The molecule has 2 aliphatic rings. The average molecular weight is 262 g/mol. The second kappa shape index (κ2) is 4.48. The van der Waals surface area contributed by atoms with Crippen LogP contribution in [0.2, 0.25) is 0 Å². The number of nitrogens with zero attached hydrogens (tertiary/aromatic N) is 1. The van der Waals surface area contributed by atoms with Crippen LogP contribution < -0.4 is 5.32 Å². The number of anilines is 1. The van der Waals surface area contributed by atoms with E-state index in [0.717, 1.165) is 6.42 Å². The molecular formula is C18H18N2. The normalized spacial score (nSPS) is 26.8. The summed E-state index contributed by atoms with van der Waals surface area (Å²) in [5.41, 5.74) is 5.35. The summed E-state index contributed by atoms with van der Waals surface area (Å²) in [6.45, 7) is 2.17. The smallest absolute Gasteiger partial charge is 0.0569 e. The van der Waals surface area contributed by atoms with Crippen LogP contribution in [0.15, 0.2) is 54.9 Å². The Labute approximate surface area is 119 Å². The fourth-order valence-corrected chi connectivity index (χ4v) is 3.60. The van der Waals surface area contributed by atoms with Crippen molar-refractivity contribution >= 4 is 5.69 Å². The van der Waals surface area contributed by atoms with Gasteiger partial charge in [-0.3, -0.25) is 4.98 Å². The fourth-order valence-electron chi connectivity index (χ4n) is 3.60. The largest absolute Gasteiger partial charge is 0.378 e. The number of rotatable bonds is 1. The highest BCUT2D eigenvalue weighted by Crippen LogP contribution is 2.49. The van der Waals surface area contributed by atoms with E-state index in [-0.39, 0.29) is 0 Å². The number of nitrogens with one attached hydrogen (secondary N) is 1. The third-order valence-electron chi connectivity index (χ3n) is 4.56. The Hall–Kier alpha value is -2.09. The van der Waals surface area contributed by atoms with Gasteiger partial charge >= 0.3 is 0 Å². The molecule has 2 heterocycles. The van der Waals surface area contributed by atoms with Crippen LogP contribution in [0.4, 0.5) is 5.69 Å². The molecule has 2 heteroatoms. The third-order valence-corrected chi connectivity index (χ3v) is 4.56. The summed E-state index contributed by atoms with van der Waals surface area (Å²) in [7, 11) is 0. The zero-order chi connectivity index (χ0) is 13.5. The lowest BCUT2D eigenvalue weighted by atomic mass is 9.77. The molecule has 0 saturated carbocycles. The monoisotopic (exact) mass is 262 g/mol. The van der Waals surface area contributed by atoms with E-state index in [4.69, 9.17) is 0 Å². The lowest BCUT2D eigenvalue weighted by molar-refractivity contribution is 0.425. The Bertz CT molecular complexity index is 660. The molecule has 0 spiro atoms. The first-order chi connectivity index (χ1) is 9.83. The van der Waals surface area contributed by atoms with Gasteiger partial charge in [-0.25, -0.2) is 0 Å². The van der Waals surface area contributed by atoms with E-state index in [2.05, 4.69) is 53.6 Å². The molecule has 1 aliphatic carbocycles. The molecule has 0 saturated heterocycles. The van der Waals surface area contributed by atoms with Crippen molar-refractivity contribution in [3.8, 4) is 0 Å². The number of hydrogen-bond acceptors (Lipinski definition) is 2. The van der Waals surface area contributed by atoms with E-state index in [1.807, 2.05) is 18.5 Å². The van der Waals surface area contributed by atoms with Gasteiger partial charge in [0.15, 0.2) is 0 Å². The maximum absolute atomic E-state index is 4.28. The number of pyridine rings is 1. The van der Waals surface area contributed by atoms with Crippen molar-refractivity contribution in [2.45, 2.75) is 25.3 Å². The predicted octanol–water partition coefficient (Wildman–Crippen LogP) is 4.22. The van der Waals surface area contributed by atoms with E-state index in [9.17, 15) is 0 Å². The SMILES string of the molecule is Cc1ccc2c(c1)[C@@H]1C=CC[C@H]1[C@H](c1cccnc1)N2. The van der Waals surface area contributed by atoms with E-state index in [0.29, 0.717) is 17.9 Å². The van der Waals surface area contributed by atoms with Crippen molar-refractivity contribution in [3.05, 3.63) is 71.6 Å². The highest BCUT2D eigenvalue weighted by atomic mass is 15.0. The van der Waals surface area contributed by atoms with Gasteiger partial charge in [0.25, 0.3) is 0 Å². The molecule has 1 aliphatic heterocycles. The standard InChI is InChI=1S/C18H18N2/c1-12-7-8-17-16(10-12)14-5-2-6-15(14)18(20-17)13-4-3-9-19-11-13/h2-5,7-11,14-15,18,20H,6H2,1H3/t14-,15-,18+/m1/s1. The molecule has 2 aromatic rings. The van der Waals surface area contributed by atoms with Gasteiger partial charge in [0, 0.05) is 24.0 Å². The third kappa shape index (κ3) is 1.75. The molecule has 0 bridgehead atoms. The van der Waals surface area contributed by atoms with Crippen LogP contribution >= 0.6 is 0 Å². The first-order valence-corrected chi connectivity index (χ1v) is 7.26. The van der Waals surface area contributed by atoms with Crippen LogP contribution in [0, 0.1) is 12.8 Å². The summed E-state index contributed by atoms with van der Waals surface area (Å²) < 4.78 is 0. The maximum Gasteiger partial charge on any atom is 0.0569 e. The summed E-state index contributed by atoms with van der Waals surface area (Å²) in [5, 5.41) is 3.73. The Kier molecular flexibility index (Phi) is 2.62. The Morgan fingerprint density at radius 3 is 3.05 bits per heavy atom. The van der Waals surface area contributed by atoms with Crippen molar-refractivity contribution in [3.63, 3.8) is 0 Å². The van der Waals surface area contributed by atoms with E-state index >= 15 is 0 Å². The van der Waals surface area contributed by atoms with Crippen molar-refractivity contribution in [2.75, 3.05) is 5.32 Å². The second-order valence-electron chi connectivity index (χ2n) is 5.85. The van der Waals surface area contributed by atoms with Gasteiger partial charge in [0.1, 0.15) is 0 Å². The average Bonchev–Trinajstić information content (AvgIpc) is 2.97. The predicted molar refractivity (Wildman–Crippen MR) is 81.8 cm³/mol. The van der Waals surface area contributed by atoms with E-state index in [1.165, 1.54) is 22.4 Å². The number of allylic oxidation sites excluding steroid dienone is 2. The molecule has 4 rings (SSSR count). The van der Waals surface area contributed by atoms with Crippen molar-refractivity contribution in [1.29, 1.82) is 0 Å². The summed E-state index contributed by atoms with van der Waals surface area (Å²) in [6, 6.07) is 11.3. The Morgan fingerprint density at radius 2 is 2.20 bits per heavy atom. The number of hydrogen-bond donors (Lipinski definition) is 1. The van der Waals surface area contributed by atoms with Gasteiger partial charge in [0.05, 0.1) is 6.04 Å². The molecule has 20 heavy (non-hydrogen) atoms. The zero-order valence-electron chi connectivity index (χ0n) is 11.6. The zero-order valence-corrected chi connectivity index (χ0v) is 11.6. The minimum absolute atomic E-state index is 0.360. The molecule has 2 nitrogen and oxygen atoms in total. The van der Waals surface area contributed by atoms with Crippen LogP contribution in [0.1, 0.15) is 35.1 Å². The first-order valence-electron chi connectivity index (χ1n) is 7.26. The van der Waals surface area contributed by atoms with Gasteiger partial charge in [-0.15, -0.1) is 0 Å². The lowest BCUT2D eigenvalue weighted by Crippen LogP contribution is -2.29. The number of benzene rings is 1. The highest BCUT2D eigenvalue weighted by molar-refractivity contribution is 5.60. The fraction of sp³-hybridized carbons (Fsp3) is 0.278. The van der Waals surface area contributed by atoms with Gasteiger partial charge in [-0.2, -0.15) is 0 Å². The molecule has 0 unspecified atom stereocenters. The Balaban J connectivity index is 1.80. The molecule has 1 aromatic carbocycles. The summed E-state index contributed by atoms with van der Waals surface area (Å²) >= 11 is 0. The summed E-state index contributed by atoms with van der Waals surface area (Å²) in [4.78, 5) is 4.28. The van der Waals surface area contributed by atoms with Gasteiger partial charge in [-0.05, 0) is 42.5 Å². The van der Waals surface area contributed by atoms with Crippen LogP contribution in [0.25, 0.3) is 0 Å². The van der Waals surface area contributed by atoms with Crippen LogP contribution in [-0.2, 0) is 0 Å². The highest BCUT2D eigenvalue weighted by Gasteiger charge is 2.37. The minimum atomic E-state index is 0.360. The van der Waals surface area contributed by atoms with Crippen LogP contribution in [-0.4, -0.2) is 4.98 Å². The molecular weight excluding hydrogens is 244 g/mol. The van der Waals surface area contributed by atoms with Crippen molar-refractivity contribution in [1.82, 2.24) is 4.98 Å². The van der Waals surface area contributed by atoms with E-state index < -0.39 is 0 Å². The molecule has 0 amide bonds. The van der Waals surface area contributed by atoms with Gasteiger partial charge in [-0.1, -0.05) is 35.9 Å². The van der Waals surface area contributed by atoms with E-state index in [1.54, 1.807) is 0 Å². The first kappa shape index (κ1) is 11.7. The molecule has 0 fully saturated rings. The molecule has 0 radical (unpaired) electrons. The quantitative estimate of drug-likeness (QED) is 0.778. The van der Waals surface area contributed by atoms with Gasteiger partial charge < -0.3 is 5.32 Å². The number of aromatic nitrogens is 1. The molecule has 100 valence electrons. The topological polar surface area (TPSA) is 24.9 Å². The second-order valence-corrected chi connectivity index (χ2v) is 5.85. The molecule has 1 aromatic heterocycles. The summed E-state index contributed by atoms with van der Waals surface area (Å²) in [5.74, 6) is 1.14. The van der Waals surface area contributed by atoms with Crippen LogP contribution in [0.3, 0.4) is 0 Å². The lowest BCUT2D eigenvalue weighted by Gasteiger charge is -2.37. The number of fused-ring (bicyclic) bond motifs is 3. The maximum atomic E-state index is 4.28. The summed E-state index contributed by atoms with van der Waals surface area (Å²) in [6.07, 6.45) is 9.69. The van der Waals surface area contributed by atoms with Gasteiger partial charge in [0.2, 0.25) is 0 Å². The van der Waals surface area contributed by atoms with Crippen molar-refractivity contribution in [2.24, 2.45) is 5.92 Å². The van der Waals surface area contributed by atoms with Crippen molar-refractivity contribution < 1.29 is 0 Å².